The molecule has 0 aliphatic carbocycles. The average molecular weight is 443 g/mol. The highest BCUT2D eigenvalue weighted by molar-refractivity contribution is 7.89. The minimum atomic E-state index is -3.57. The lowest BCUT2D eigenvalue weighted by molar-refractivity contribution is 0.383. The zero-order valence-corrected chi connectivity index (χ0v) is 18.5. The van der Waals surface area contributed by atoms with Gasteiger partial charge in [0.25, 0.3) is 0 Å². The van der Waals surface area contributed by atoms with Gasteiger partial charge in [0.2, 0.25) is 10.0 Å². The quantitative estimate of drug-likeness (QED) is 0.612. The van der Waals surface area contributed by atoms with Crippen LogP contribution >= 0.6 is 11.6 Å². The van der Waals surface area contributed by atoms with E-state index in [0.29, 0.717) is 41.7 Å². The number of anilines is 1. The van der Waals surface area contributed by atoms with Gasteiger partial charge in [-0.05, 0) is 49.2 Å². The van der Waals surface area contributed by atoms with Crippen LogP contribution in [0.2, 0.25) is 5.02 Å². The molecule has 0 atom stereocenters. The van der Waals surface area contributed by atoms with Crippen molar-refractivity contribution in [1.29, 1.82) is 0 Å². The van der Waals surface area contributed by atoms with Crippen molar-refractivity contribution in [3.05, 3.63) is 70.7 Å². The van der Waals surface area contributed by atoms with E-state index in [-0.39, 0.29) is 0 Å². The Balaban J connectivity index is 1.47. The molecule has 2 aromatic carbocycles. The van der Waals surface area contributed by atoms with Gasteiger partial charge in [0, 0.05) is 36.8 Å². The molecule has 1 aliphatic heterocycles. The summed E-state index contributed by atoms with van der Waals surface area (Å²) in [6.07, 6.45) is 0. The van der Waals surface area contributed by atoms with E-state index in [1.54, 1.807) is 19.1 Å². The molecule has 0 N–H and O–H groups in total. The summed E-state index contributed by atoms with van der Waals surface area (Å²) in [6, 6.07) is 17.1. The van der Waals surface area contributed by atoms with Gasteiger partial charge in [-0.25, -0.2) is 8.42 Å². The van der Waals surface area contributed by atoms with Gasteiger partial charge in [0.05, 0.1) is 10.6 Å². The van der Waals surface area contributed by atoms with Crippen molar-refractivity contribution in [2.24, 2.45) is 0 Å². The van der Waals surface area contributed by atoms with Crippen molar-refractivity contribution in [3.8, 4) is 11.3 Å². The lowest BCUT2D eigenvalue weighted by atomic mass is 10.1. The lowest BCUT2D eigenvalue weighted by Gasteiger charge is -2.34. The second-order valence-electron chi connectivity index (χ2n) is 7.40. The minimum Gasteiger partial charge on any atom is -0.352 e. The number of aryl methyl sites for hydroxylation is 2. The molecule has 156 valence electrons. The van der Waals surface area contributed by atoms with Crippen LogP contribution in [0.1, 0.15) is 11.1 Å². The third-order valence-corrected chi connectivity index (χ3v) is 7.80. The molecule has 0 amide bonds. The Hall–Kier alpha value is -2.48. The molecule has 2 heterocycles. The number of hydrogen-bond acceptors (Lipinski definition) is 5. The highest BCUT2D eigenvalue weighted by Crippen LogP contribution is 2.27. The molecule has 30 heavy (non-hydrogen) atoms. The second kappa shape index (κ2) is 8.34. The predicted molar refractivity (Wildman–Crippen MR) is 119 cm³/mol. The summed E-state index contributed by atoms with van der Waals surface area (Å²) in [7, 11) is -3.57. The van der Waals surface area contributed by atoms with Crippen LogP contribution in [0.4, 0.5) is 5.82 Å². The molecule has 1 fully saturated rings. The molecular weight excluding hydrogens is 420 g/mol. The van der Waals surface area contributed by atoms with Crippen molar-refractivity contribution < 1.29 is 8.42 Å². The van der Waals surface area contributed by atoms with Gasteiger partial charge in [0.1, 0.15) is 0 Å². The van der Waals surface area contributed by atoms with E-state index in [1.165, 1.54) is 4.31 Å². The van der Waals surface area contributed by atoms with E-state index < -0.39 is 10.0 Å². The van der Waals surface area contributed by atoms with E-state index in [4.69, 9.17) is 11.6 Å². The first kappa shape index (κ1) is 20.8. The number of nitrogens with zero attached hydrogens (tertiary/aromatic N) is 4. The van der Waals surface area contributed by atoms with E-state index in [9.17, 15) is 8.42 Å². The monoisotopic (exact) mass is 442 g/mol. The first-order valence-electron chi connectivity index (χ1n) is 9.77. The summed E-state index contributed by atoms with van der Waals surface area (Å²) in [5, 5.41) is 9.26. The molecule has 0 spiro atoms. The van der Waals surface area contributed by atoms with Crippen LogP contribution in [-0.4, -0.2) is 49.1 Å². The number of halogens is 1. The van der Waals surface area contributed by atoms with Crippen molar-refractivity contribution in [2.75, 3.05) is 31.1 Å². The van der Waals surface area contributed by atoms with Crippen LogP contribution in [0.15, 0.2) is 59.5 Å². The molecule has 3 aromatic rings. The van der Waals surface area contributed by atoms with Gasteiger partial charge in [-0.3, -0.25) is 0 Å². The maximum Gasteiger partial charge on any atom is 0.243 e. The van der Waals surface area contributed by atoms with E-state index in [2.05, 4.69) is 15.1 Å². The van der Waals surface area contributed by atoms with E-state index in [1.807, 2.05) is 49.4 Å². The Kier molecular flexibility index (Phi) is 5.77. The third kappa shape index (κ3) is 4.05. The molecule has 1 aromatic heterocycles. The predicted octanol–water partition coefficient (Wildman–Crippen LogP) is 3.92. The smallest absolute Gasteiger partial charge is 0.243 e. The summed E-state index contributed by atoms with van der Waals surface area (Å²) in [5.41, 5.74) is 3.25. The highest BCUT2D eigenvalue weighted by atomic mass is 35.5. The molecule has 0 unspecified atom stereocenters. The van der Waals surface area contributed by atoms with Gasteiger partial charge in [-0.15, -0.1) is 10.2 Å². The molecule has 8 heteroatoms. The fraction of sp³-hybridized carbons (Fsp3) is 0.273. The molecule has 0 saturated carbocycles. The SMILES string of the molecule is Cc1cc(S(=O)(=O)N2CCN(c3ccc(-c4ccccc4)nn3)CC2)c(C)cc1Cl. The van der Waals surface area contributed by atoms with Crippen molar-refractivity contribution in [1.82, 2.24) is 14.5 Å². The van der Waals surface area contributed by atoms with Crippen molar-refractivity contribution >= 4 is 27.4 Å². The normalized spacial score (nSPS) is 15.4. The topological polar surface area (TPSA) is 66.4 Å². The third-order valence-electron chi connectivity index (χ3n) is 5.36. The zero-order chi connectivity index (χ0) is 21.3. The molecule has 0 radical (unpaired) electrons. The molecule has 6 nitrogen and oxygen atoms in total. The van der Waals surface area contributed by atoms with Crippen LogP contribution < -0.4 is 4.90 Å². The Morgan fingerprint density at radius 1 is 0.867 bits per heavy atom. The van der Waals surface area contributed by atoms with Crippen LogP contribution in [0.3, 0.4) is 0 Å². The summed E-state index contributed by atoms with van der Waals surface area (Å²) in [6.45, 7) is 5.50. The maximum absolute atomic E-state index is 13.2. The Morgan fingerprint density at radius 3 is 2.20 bits per heavy atom. The number of hydrogen-bond donors (Lipinski definition) is 0. The van der Waals surface area contributed by atoms with Gasteiger partial charge < -0.3 is 4.90 Å². The molecular formula is C22H23ClN4O2S. The van der Waals surface area contributed by atoms with Gasteiger partial charge in [0.15, 0.2) is 5.82 Å². The van der Waals surface area contributed by atoms with Crippen LogP contribution in [0.5, 0.6) is 0 Å². The number of rotatable bonds is 4. The van der Waals surface area contributed by atoms with Gasteiger partial charge >= 0.3 is 0 Å². The van der Waals surface area contributed by atoms with Crippen LogP contribution in [-0.2, 0) is 10.0 Å². The lowest BCUT2D eigenvalue weighted by Crippen LogP contribution is -2.49. The second-order valence-corrected chi connectivity index (χ2v) is 9.71. The van der Waals surface area contributed by atoms with E-state index in [0.717, 1.165) is 22.6 Å². The fourth-order valence-electron chi connectivity index (χ4n) is 3.59. The first-order valence-corrected chi connectivity index (χ1v) is 11.6. The number of aromatic nitrogens is 2. The highest BCUT2D eigenvalue weighted by Gasteiger charge is 2.30. The summed E-state index contributed by atoms with van der Waals surface area (Å²) in [5.74, 6) is 0.755. The molecule has 4 rings (SSSR count). The Morgan fingerprint density at radius 2 is 1.57 bits per heavy atom. The summed E-state index contributed by atoms with van der Waals surface area (Å²) in [4.78, 5) is 2.39. The number of piperazine rings is 1. The van der Waals surface area contributed by atoms with Crippen molar-refractivity contribution in [2.45, 2.75) is 18.7 Å². The molecule has 1 aliphatic rings. The van der Waals surface area contributed by atoms with Gasteiger partial charge in [-0.1, -0.05) is 41.9 Å². The van der Waals surface area contributed by atoms with Crippen LogP contribution in [0.25, 0.3) is 11.3 Å². The Bertz CT molecular complexity index is 1140. The number of sulfonamides is 1. The summed E-state index contributed by atoms with van der Waals surface area (Å²) >= 11 is 6.13. The molecule has 0 bridgehead atoms. The minimum absolute atomic E-state index is 0.324. The van der Waals surface area contributed by atoms with E-state index >= 15 is 0 Å². The number of benzene rings is 2. The largest absolute Gasteiger partial charge is 0.352 e. The summed E-state index contributed by atoms with van der Waals surface area (Å²) < 4.78 is 27.8. The standard InChI is InChI=1S/C22H23ClN4O2S/c1-16-15-21(17(2)14-19(16)23)30(28,29)27-12-10-26(11-13-27)22-9-8-20(24-25-22)18-6-4-3-5-7-18/h3-9,14-15H,10-13H2,1-2H3. The molecule has 1 saturated heterocycles. The maximum atomic E-state index is 13.2. The zero-order valence-electron chi connectivity index (χ0n) is 16.9. The Labute approximate surface area is 182 Å². The van der Waals surface area contributed by atoms with Crippen LogP contribution in [0, 0.1) is 13.8 Å². The van der Waals surface area contributed by atoms with Gasteiger partial charge in [-0.2, -0.15) is 4.31 Å². The average Bonchev–Trinajstić information content (AvgIpc) is 2.77. The fourth-order valence-corrected chi connectivity index (χ4v) is 5.52. The van der Waals surface area contributed by atoms with Crippen molar-refractivity contribution in [3.63, 3.8) is 0 Å². The first-order chi connectivity index (χ1) is 14.4.